The Morgan fingerprint density at radius 2 is 1.90 bits per heavy atom. The Labute approximate surface area is 115 Å². The molecule has 0 saturated carbocycles. The number of nitrogens with zero attached hydrogens (tertiary/aromatic N) is 2. The van der Waals surface area contributed by atoms with Crippen LogP contribution in [-0.4, -0.2) is 15.9 Å². The van der Waals surface area contributed by atoms with Crippen molar-refractivity contribution in [2.24, 2.45) is 0 Å². The number of nitrogens with one attached hydrogen (secondary N) is 1. The Balaban J connectivity index is 1.79. The maximum absolute atomic E-state index is 12.0. The third-order valence-corrected chi connectivity index (χ3v) is 2.68. The molecule has 3 aromatic rings. The van der Waals surface area contributed by atoms with Gasteiger partial charge >= 0.3 is 5.91 Å². The Bertz CT molecular complexity index is 708. The van der Waals surface area contributed by atoms with E-state index in [4.69, 9.17) is 4.42 Å². The third-order valence-electron chi connectivity index (χ3n) is 2.68. The fraction of sp³-hybridized carbons (Fsp3) is 0. The highest BCUT2D eigenvalue weighted by Gasteiger charge is 2.14. The van der Waals surface area contributed by atoms with Gasteiger partial charge in [-0.1, -0.05) is 30.3 Å². The molecule has 2 heterocycles. The third kappa shape index (κ3) is 2.56. The highest BCUT2D eigenvalue weighted by molar-refractivity contribution is 6.01. The average molecular weight is 265 g/mol. The first kappa shape index (κ1) is 12.1. The quantitative estimate of drug-likeness (QED) is 0.790. The Morgan fingerprint density at radius 3 is 2.65 bits per heavy atom. The second kappa shape index (κ2) is 5.36. The topological polar surface area (TPSA) is 68.0 Å². The van der Waals surface area contributed by atoms with Crippen molar-refractivity contribution in [1.82, 2.24) is 9.97 Å². The van der Waals surface area contributed by atoms with Crippen LogP contribution in [0.3, 0.4) is 0 Å². The fourth-order valence-electron chi connectivity index (χ4n) is 1.74. The average Bonchev–Trinajstić information content (AvgIpc) is 2.99. The molecule has 1 N–H and O–H groups in total. The number of hydrogen-bond donors (Lipinski definition) is 1. The molecule has 0 fully saturated rings. The van der Waals surface area contributed by atoms with Crippen molar-refractivity contribution >= 4 is 11.6 Å². The normalized spacial score (nSPS) is 10.2. The number of carbonyl (C=O) groups excluding carboxylic acids is 1. The van der Waals surface area contributed by atoms with Gasteiger partial charge in [-0.3, -0.25) is 9.78 Å². The lowest BCUT2D eigenvalue weighted by atomic mass is 10.2. The zero-order chi connectivity index (χ0) is 13.8. The first-order chi connectivity index (χ1) is 9.83. The fourth-order valence-corrected chi connectivity index (χ4v) is 1.74. The number of aromatic nitrogens is 2. The second-order valence-corrected chi connectivity index (χ2v) is 4.09. The number of amides is 1. The molecule has 0 spiro atoms. The molecule has 1 aromatic carbocycles. The van der Waals surface area contributed by atoms with Crippen LogP contribution in [-0.2, 0) is 0 Å². The molecule has 0 unspecified atom stereocenters. The lowest BCUT2D eigenvalue weighted by Crippen LogP contribution is -2.12. The van der Waals surface area contributed by atoms with Crippen LogP contribution in [0.4, 0.5) is 5.69 Å². The van der Waals surface area contributed by atoms with Gasteiger partial charge < -0.3 is 9.73 Å². The molecular weight excluding hydrogens is 254 g/mol. The molecule has 0 atom stereocenters. The summed E-state index contributed by atoms with van der Waals surface area (Å²) in [6.07, 6.45) is 4.72. The summed E-state index contributed by atoms with van der Waals surface area (Å²) < 4.78 is 5.46. The van der Waals surface area contributed by atoms with Crippen molar-refractivity contribution in [1.29, 1.82) is 0 Å². The predicted octanol–water partition coefficient (Wildman–Crippen LogP) is 2.99. The molecule has 0 aliphatic heterocycles. The molecule has 20 heavy (non-hydrogen) atoms. The van der Waals surface area contributed by atoms with Gasteiger partial charge in [0.25, 0.3) is 5.89 Å². The van der Waals surface area contributed by atoms with E-state index in [0.29, 0.717) is 11.4 Å². The van der Waals surface area contributed by atoms with Gasteiger partial charge in [0.15, 0.2) is 5.76 Å². The largest absolute Gasteiger partial charge is 0.432 e. The Morgan fingerprint density at radius 1 is 1.05 bits per heavy atom. The smallest absolute Gasteiger partial charge is 0.311 e. The summed E-state index contributed by atoms with van der Waals surface area (Å²) in [5, 5.41) is 2.67. The predicted molar refractivity (Wildman–Crippen MR) is 74.1 cm³/mol. The number of rotatable bonds is 3. The first-order valence-corrected chi connectivity index (χ1v) is 6.05. The van der Waals surface area contributed by atoms with Crippen molar-refractivity contribution in [2.75, 3.05) is 5.32 Å². The van der Waals surface area contributed by atoms with Crippen LogP contribution in [0.5, 0.6) is 0 Å². The number of pyridine rings is 1. The summed E-state index contributed by atoms with van der Waals surface area (Å²) in [6.45, 7) is 0. The molecule has 1 amide bonds. The SMILES string of the molecule is O=C(Nc1cccnc1)c1ncc(-c2ccccc2)o1. The van der Waals surface area contributed by atoms with Gasteiger partial charge in [0, 0.05) is 11.8 Å². The monoisotopic (exact) mass is 265 g/mol. The van der Waals surface area contributed by atoms with Crippen LogP contribution >= 0.6 is 0 Å². The molecule has 5 nitrogen and oxygen atoms in total. The van der Waals surface area contributed by atoms with Crippen LogP contribution < -0.4 is 5.32 Å². The molecule has 0 bridgehead atoms. The van der Waals surface area contributed by atoms with Gasteiger partial charge in [0.1, 0.15) is 0 Å². The summed E-state index contributed by atoms with van der Waals surface area (Å²) in [6, 6.07) is 13.0. The Kier molecular flexibility index (Phi) is 3.24. The van der Waals surface area contributed by atoms with E-state index in [1.165, 1.54) is 6.20 Å². The van der Waals surface area contributed by atoms with Gasteiger partial charge in [0.2, 0.25) is 0 Å². The summed E-state index contributed by atoms with van der Waals surface area (Å²) in [5.41, 5.74) is 1.47. The van der Waals surface area contributed by atoms with Crippen LogP contribution in [0.2, 0.25) is 0 Å². The van der Waals surface area contributed by atoms with Gasteiger partial charge in [0.05, 0.1) is 18.1 Å². The number of benzene rings is 1. The van der Waals surface area contributed by atoms with E-state index in [1.807, 2.05) is 30.3 Å². The van der Waals surface area contributed by atoms with Crippen LogP contribution in [0.15, 0.2) is 65.5 Å². The molecule has 98 valence electrons. The highest BCUT2D eigenvalue weighted by atomic mass is 16.4. The molecular formula is C15H11N3O2. The van der Waals surface area contributed by atoms with Crippen molar-refractivity contribution in [3.8, 4) is 11.3 Å². The van der Waals surface area contributed by atoms with Gasteiger partial charge in [-0.2, -0.15) is 0 Å². The minimum atomic E-state index is -0.403. The first-order valence-electron chi connectivity index (χ1n) is 6.05. The maximum atomic E-state index is 12.0. The van der Waals surface area contributed by atoms with Crippen molar-refractivity contribution in [3.05, 3.63) is 66.9 Å². The zero-order valence-electron chi connectivity index (χ0n) is 10.5. The van der Waals surface area contributed by atoms with E-state index >= 15 is 0 Å². The van der Waals surface area contributed by atoms with E-state index in [-0.39, 0.29) is 5.89 Å². The number of anilines is 1. The highest BCUT2D eigenvalue weighted by Crippen LogP contribution is 2.20. The van der Waals surface area contributed by atoms with Gasteiger partial charge in [-0.05, 0) is 12.1 Å². The van der Waals surface area contributed by atoms with Gasteiger partial charge in [-0.15, -0.1) is 0 Å². The minimum Gasteiger partial charge on any atom is -0.432 e. The molecule has 0 aliphatic carbocycles. The van der Waals surface area contributed by atoms with E-state index in [2.05, 4.69) is 15.3 Å². The molecule has 2 aromatic heterocycles. The molecule has 0 radical (unpaired) electrons. The van der Waals surface area contributed by atoms with E-state index in [1.54, 1.807) is 24.5 Å². The van der Waals surface area contributed by atoms with Crippen molar-refractivity contribution < 1.29 is 9.21 Å². The summed E-state index contributed by atoms with van der Waals surface area (Å²) in [7, 11) is 0. The summed E-state index contributed by atoms with van der Waals surface area (Å²) >= 11 is 0. The van der Waals surface area contributed by atoms with E-state index < -0.39 is 5.91 Å². The van der Waals surface area contributed by atoms with Crippen LogP contribution in [0.1, 0.15) is 10.7 Å². The lowest BCUT2D eigenvalue weighted by molar-refractivity contribution is 0.0991. The number of oxazole rings is 1. The van der Waals surface area contributed by atoms with E-state index in [9.17, 15) is 4.79 Å². The lowest BCUT2D eigenvalue weighted by Gasteiger charge is -2.00. The van der Waals surface area contributed by atoms with Crippen molar-refractivity contribution in [3.63, 3.8) is 0 Å². The molecule has 0 saturated heterocycles. The van der Waals surface area contributed by atoms with E-state index in [0.717, 1.165) is 5.56 Å². The second-order valence-electron chi connectivity index (χ2n) is 4.09. The maximum Gasteiger partial charge on any atom is 0.311 e. The van der Waals surface area contributed by atoms with Crippen LogP contribution in [0, 0.1) is 0 Å². The molecule has 3 rings (SSSR count). The zero-order valence-corrected chi connectivity index (χ0v) is 10.5. The molecule has 5 heteroatoms. The minimum absolute atomic E-state index is 0.0210. The van der Waals surface area contributed by atoms with Crippen LogP contribution in [0.25, 0.3) is 11.3 Å². The number of carbonyl (C=O) groups is 1. The van der Waals surface area contributed by atoms with Gasteiger partial charge in [-0.25, -0.2) is 4.98 Å². The Hall–Kier alpha value is -2.95. The standard InChI is InChI=1S/C15H11N3O2/c19-14(18-12-7-4-8-16-9-12)15-17-10-13(20-15)11-5-2-1-3-6-11/h1-10H,(H,18,19). The molecule has 0 aliphatic rings. The summed E-state index contributed by atoms with van der Waals surface area (Å²) in [5.74, 6) is 0.176. The summed E-state index contributed by atoms with van der Waals surface area (Å²) in [4.78, 5) is 19.9. The van der Waals surface area contributed by atoms with Crippen molar-refractivity contribution in [2.45, 2.75) is 0 Å². The number of hydrogen-bond acceptors (Lipinski definition) is 4.